The number of carbonyl (C=O) groups is 1. The lowest BCUT2D eigenvalue weighted by Crippen LogP contribution is -2.23. The van der Waals surface area contributed by atoms with Crippen molar-refractivity contribution in [1.29, 1.82) is 0 Å². The summed E-state index contributed by atoms with van der Waals surface area (Å²) >= 11 is 12.1. The van der Waals surface area contributed by atoms with E-state index in [1.807, 2.05) is 35.0 Å². The Morgan fingerprint density at radius 3 is 2.57 bits per heavy atom. The van der Waals surface area contributed by atoms with Gasteiger partial charge in [0.2, 0.25) is 0 Å². The van der Waals surface area contributed by atoms with Crippen molar-refractivity contribution in [2.24, 2.45) is 0 Å². The van der Waals surface area contributed by atoms with Crippen LogP contribution in [0.4, 0.5) is 0 Å². The van der Waals surface area contributed by atoms with Crippen LogP contribution < -0.4 is 5.32 Å². The lowest BCUT2D eigenvalue weighted by Gasteiger charge is -2.10. The summed E-state index contributed by atoms with van der Waals surface area (Å²) in [7, 11) is 0. The highest BCUT2D eigenvalue weighted by atomic mass is 35.5. The van der Waals surface area contributed by atoms with Crippen molar-refractivity contribution in [3.05, 3.63) is 82.4 Å². The summed E-state index contributed by atoms with van der Waals surface area (Å²) in [5.74, 6) is -0.298. The Hall–Kier alpha value is -2.30. The number of hydrogen-bond donors (Lipinski definition) is 1. The molecule has 3 rings (SSSR count). The second kappa shape index (κ2) is 6.86. The summed E-state index contributed by atoms with van der Waals surface area (Å²) in [5, 5.41) is 3.51. The second-order valence-corrected chi connectivity index (χ2v) is 5.73. The predicted molar refractivity (Wildman–Crippen MR) is 91.2 cm³/mol. The molecule has 4 nitrogen and oxygen atoms in total. The highest BCUT2D eigenvalue weighted by Crippen LogP contribution is 2.24. The normalized spacial score (nSPS) is 10.5. The van der Waals surface area contributed by atoms with E-state index in [1.54, 1.807) is 30.7 Å². The van der Waals surface area contributed by atoms with E-state index in [0.717, 1.165) is 11.3 Å². The average molecular weight is 346 g/mol. The van der Waals surface area contributed by atoms with Gasteiger partial charge in [-0.1, -0.05) is 41.4 Å². The van der Waals surface area contributed by atoms with Crippen LogP contribution in [0.3, 0.4) is 0 Å². The van der Waals surface area contributed by atoms with E-state index in [4.69, 9.17) is 23.2 Å². The van der Waals surface area contributed by atoms with Crippen LogP contribution in [0, 0.1) is 0 Å². The monoisotopic (exact) mass is 345 g/mol. The summed E-state index contributed by atoms with van der Waals surface area (Å²) in [4.78, 5) is 16.3. The number of hydrogen-bond acceptors (Lipinski definition) is 2. The molecule has 23 heavy (non-hydrogen) atoms. The fraction of sp³-hybridized carbons (Fsp3) is 0.0588. The minimum absolute atomic E-state index is 0.293. The van der Waals surface area contributed by atoms with Gasteiger partial charge in [0.25, 0.3) is 5.91 Å². The quantitative estimate of drug-likeness (QED) is 0.773. The zero-order valence-electron chi connectivity index (χ0n) is 12.0. The summed E-state index contributed by atoms with van der Waals surface area (Å²) in [5.41, 5.74) is 2.24. The Morgan fingerprint density at radius 1 is 1.13 bits per heavy atom. The van der Waals surface area contributed by atoms with Crippen LogP contribution in [0.5, 0.6) is 0 Å². The number of halogens is 2. The maximum Gasteiger partial charge on any atom is 0.254 e. The standard InChI is InChI=1S/C17H13Cl2N3O/c18-14-5-2-6-15(19)16(14)17(23)21-10-12-3-1-4-13(9-12)22-8-7-20-11-22/h1-9,11H,10H2,(H,21,23). The zero-order chi connectivity index (χ0) is 16.2. The maximum absolute atomic E-state index is 12.3. The minimum Gasteiger partial charge on any atom is -0.348 e. The van der Waals surface area contributed by atoms with Crippen molar-refractivity contribution in [2.75, 3.05) is 0 Å². The first-order valence-corrected chi connectivity index (χ1v) is 7.70. The Balaban J connectivity index is 1.74. The molecule has 0 fully saturated rings. The fourth-order valence-corrected chi connectivity index (χ4v) is 2.79. The average Bonchev–Trinajstić information content (AvgIpc) is 3.07. The maximum atomic E-state index is 12.3. The van der Waals surface area contributed by atoms with Crippen LogP contribution >= 0.6 is 23.2 Å². The molecule has 3 aromatic rings. The third-order valence-electron chi connectivity index (χ3n) is 3.36. The van der Waals surface area contributed by atoms with Gasteiger partial charge in [-0.15, -0.1) is 0 Å². The smallest absolute Gasteiger partial charge is 0.254 e. The summed E-state index contributed by atoms with van der Waals surface area (Å²) in [6.45, 7) is 0.378. The van der Waals surface area contributed by atoms with Crippen molar-refractivity contribution in [3.8, 4) is 5.69 Å². The lowest BCUT2D eigenvalue weighted by atomic mass is 10.1. The molecule has 1 N–H and O–H groups in total. The minimum atomic E-state index is -0.298. The molecule has 0 radical (unpaired) electrons. The summed E-state index contributed by atoms with van der Waals surface area (Å²) < 4.78 is 1.90. The van der Waals surface area contributed by atoms with Crippen LogP contribution in [0.25, 0.3) is 5.69 Å². The molecule has 6 heteroatoms. The van der Waals surface area contributed by atoms with Crippen molar-refractivity contribution in [2.45, 2.75) is 6.54 Å². The molecule has 0 atom stereocenters. The molecule has 116 valence electrons. The molecule has 0 aliphatic rings. The third kappa shape index (κ3) is 3.55. The Bertz CT molecular complexity index is 811. The van der Waals surface area contributed by atoms with Crippen molar-refractivity contribution < 1.29 is 4.79 Å². The third-order valence-corrected chi connectivity index (χ3v) is 3.99. The number of rotatable bonds is 4. The molecule has 2 aromatic carbocycles. The van der Waals surface area contributed by atoms with Gasteiger partial charge in [-0.05, 0) is 29.8 Å². The van der Waals surface area contributed by atoms with Crippen LogP contribution in [0.15, 0.2) is 61.2 Å². The lowest BCUT2D eigenvalue weighted by molar-refractivity contribution is 0.0951. The molecule has 0 spiro atoms. The molecule has 0 unspecified atom stereocenters. The van der Waals surface area contributed by atoms with Gasteiger partial charge in [0.1, 0.15) is 0 Å². The molecule has 0 aliphatic carbocycles. The van der Waals surface area contributed by atoms with Crippen molar-refractivity contribution >= 4 is 29.1 Å². The van der Waals surface area contributed by atoms with Gasteiger partial charge in [0.05, 0.1) is 21.9 Å². The van der Waals surface area contributed by atoms with E-state index >= 15 is 0 Å². The molecular weight excluding hydrogens is 333 g/mol. The first-order valence-electron chi connectivity index (χ1n) is 6.94. The van der Waals surface area contributed by atoms with E-state index in [2.05, 4.69) is 10.3 Å². The number of benzene rings is 2. The fourth-order valence-electron chi connectivity index (χ4n) is 2.22. The first kappa shape index (κ1) is 15.6. The molecule has 1 amide bonds. The number of carbonyl (C=O) groups excluding carboxylic acids is 1. The van der Waals surface area contributed by atoms with Crippen LogP contribution in [0.1, 0.15) is 15.9 Å². The van der Waals surface area contributed by atoms with Gasteiger partial charge >= 0.3 is 0 Å². The Kier molecular flexibility index (Phi) is 4.65. The van der Waals surface area contributed by atoms with E-state index in [9.17, 15) is 4.79 Å². The van der Waals surface area contributed by atoms with E-state index in [-0.39, 0.29) is 5.91 Å². The predicted octanol–water partition coefficient (Wildman–Crippen LogP) is 4.11. The molecular formula is C17H13Cl2N3O. The SMILES string of the molecule is O=C(NCc1cccc(-n2ccnc2)c1)c1c(Cl)cccc1Cl. The molecule has 1 aromatic heterocycles. The topological polar surface area (TPSA) is 46.9 Å². The highest BCUT2D eigenvalue weighted by Gasteiger charge is 2.14. The molecule has 0 aliphatic heterocycles. The van der Waals surface area contributed by atoms with E-state index < -0.39 is 0 Å². The van der Waals surface area contributed by atoms with Crippen LogP contribution in [-0.2, 0) is 6.54 Å². The van der Waals surface area contributed by atoms with Crippen LogP contribution in [0.2, 0.25) is 10.0 Å². The Morgan fingerprint density at radius 2 is 1.87 bits per heavy atom. The van der Waals surface area contributed by atoms with E-state index in [0.29, 0.717) is 22.2 Å². The van der Waals surface area contributed by atoms with E-state index in [1.165, 1.54) is 0 Å². The van der Waals surface area contributed by atoms with Gasteiger partial charge in [-0.2, -0.15) is 0 Å². The molecule has 1 heterocycles. The number of amides is 1. The Labute approximate surface area is 143 Å². The zero-order valence-corrected chi connectivity index (χ0v) is 13.6. The van der Waals surface area contributed by atoms with Gasteiger partial charge in [-0.3, -0.25) is 4.79 Å². The number of nitrogens with zero attached hydrogens (tertiary/aromatic N) is 2. The number of imidazole rings is 1. The number of aromatic nitrogens is 2. The molecule has 0 saturated carbocycles. The number of nitrogens with one attached hydrogen (secondary N) is 1. The van der Waals surface area contributed by atoms with Gasteiger partial charge < -0.3 is 9.88 Å². The van der Waals surface area contributed by atoms with Crippen LogP contribution in [-0.4, -0.2) is 15.5 Å². The molecule has 0 saturated heterocycles. The van der Waals surface area contributed by atoms with Crippen molar-refractivity contribution in [3.63, 3.8) is 0 Å². The van der Waals surface area contributed by atoms with Gasteiger partial charge in [0.15, 0.2) is 0 Å². The first-order chi connectivity index (χ1) is 11.1. The van der Waals surface area contributed by atoms with Crippen molar-refractivity contribution in [1.82, 2.24) is 14.9 Å². The summed E-state index contributed by atoms with van der Waals surface area (Å²) in [6.07, 6.45) is 5.30. The van der Waals surface area contributed by atoms with Gasteiger partial charge in [-0.25, -0.2) is 4.98 Å². The second-order valence-electron chi connectivity index (χ2n) is 4.92. The largest absolute Gasteiger partial charge is 0.348 e. The molecule has 0 bridgehead atoms. The highest BCUT2D eigenvalue weighted by molar-refractivity contribution is 6.39. The van der Waals surface area contributed by atoms with Gasteiger partial charge in [0, 0.05) is 24.6 Å². The summed E-state index contributed by atoms with van der Waals surface area (Å²) in [6, 6.07) is 12.8.